The quantitative estimate of drug-likeness (QED) is 0.661. The van der Waals surface area contributed by atoms with Crippen LogP contribution in [0.4, 0.5) is 0 Å². The maximum atomic E-state index is 4.98. The Kier molecular flexibility index (Phi) is 6.04. The summed E-state index contributed by atoms with van der Waals surface area (Å²) in [6, 6.07) is 2.07. The predicted octanol–water partition coefficient (Wildman–Crippen LogP) is 1.42. The summed E-state index contributed by atoms with van der Waals surface area (Å²) in [5.74, 6) is 0. The van der Waals surface area contributed by atoms with Gasteiger partial charge < -0.3 is 10.1 Å². The number of hydrogen-bond acceptors (Lipinski definition) is 3. The molecule has 0 saturated carbocycles. The van der Waals surface area contributed by atoms with E-state index in [1.807, 2.05) is 6.20 Å². The summed E-state index contributed by atoms with van der Waals surface area (Å²) in [7, 11) is 1.73. The van der Waals surface area contributed by atoms with Crippen LogP contribution in [0.1, 0.15) is 25.5 Å². The minimum atomic E-state index is 0.821. The zero-order valence-electron chi connectivity index (χ0n) is 9.70. The third-order valence-corrected chi connectivity index (χ3v) is 2.25. The van der Waals surface area contributed by atoms with E-state index in [0.717, 1.165) is 39.1 Å². The second-order valence-electron chi connectivity index (χ2n) is 3.57. The summed E-state index contributed by atoms with van der Waals surface area (Å²) < 4.78 is 7.04. The van der Waals surface area contributed by atoms with Gasteiger partial charge in [0.1, 0.15) is 0 Å². The van der Waals surface area contributed by atoms with Crippen molar-refractivity contribution < 1.29 is 4.74 Å². The van der Waals surface area contributed by atoms with Crippen molar-refractivity contribution in [3.05, 3.63) is 18.0 Å². The van der Waals surface area contributed by atoms with E-state index in [4.69, 9.17) is 4.74 Å². The van der Waals surface area contributed by atoms with Crippen molar-refractivity contribution in [3.63, 3.8) is 0 Å². The maximum Gasteiger partial charge on any atom is 0.0522 e. The van der Waals surface area contributed by atoms with Crippen molar-refractivity contribution >= 4 is 0 Å². The average molecular weight is 211 g/mol. The Morgan fingerprint density at radius 2 is 2.40 bits per heavy atom. The monoisotopic (exact) mass is 211 g/mol. The lowest BCUT2D eigenvalue weighted by Gasteiger charge is -2.07. The normalized spacial score (nSPS) is 10.8. The molecule has 1 aromatic rings. The fourth-order valence-corrected chi connectivity index (χ4v) is 1.48. The van der Waals surface area contributed by atoms with Crippen LogP contribution >= 0.6 is 0 Å². The van der Waals surface area contributed by atoms with Crippen LogP contribution in [0, 0.1) is 0 Å². The van der Waals surface area contributed by atoms with E-state index in [2.05, 4.69) is 28.1 Å². The van der Waals surface area contributed by atoms with Crippen LogP contribution < -0.4 is 5.32 Å². The molecule has 15 heavy (non-hydrogen) atoms. The van der Waals surface area contributed by atoms with Gasteiger partial charge in [-0.2, -0.15) is 5.10 Å². The fraction of sp³-hybridized carbons (Fsp3) is 0.727. The summed E-state index contributed by atoms with van der Waals surface area (Å²) in [5, 5.41) is 7.65. The number of methoxy groups -OCH3 is 1. The summed E-state index contributed by atoms with van der Waals surface area (Å²) >= 11 is 0. The third kappa shape index (κ3) is 4.44. The zero-order valence-corrected chi connectivity index (χ0v) is 9.70. The molecule has 1 heterocycles. The minimum absolute atomic E-state index is 0.821. The Bertz CT molecular complexity index is 260. The Morgan fingerprint density at radius 3 is 3.13 bits per heavy atom. The molecule has 0 unspecified atom stereocenters. The summed E-state index contributed by atoms with van der Waals surface area (Å²) in [4.78, 5) is 0. The van der Waals surface area contributed by atoms with Crippen LogP contribution in [0.5, 0.6) is 0 Å². The predicted molar refractivity (Wildman–Crippen MR) is 60.7 cm³/mol. The van der Waals surface area contributed by atoms with E-state index in [-0.39, 0.29) is 0 Å². The topological polar surface area (TPSA) is 39.1 Å². The molecule has 0 atom stereocenters. The van der Waals surface area contributed by atoms with Crippen molar-refractivity contribution in [2.45, 2.75) is 32.9 Å². The number of nitrogens with one attached hydrogen (secondary N) is 1. The van der Waals surface area contributed by atoms with Gasteiger partial charge in [-0.1, -0.05) is 6.92 Å². The van der Waals surface area contributed by atoms with Crippen LogP contribution in [0.15, 0.2) is 12.3 Å². The molecule has 0 aliphatic rings. The van der Waals surface area contributed by atoms with Crippen LogP contribution in [0.2, 0.25) is 0 Å². The molecule has 4 heteroatoms. The largest absolute Gasteiger partial charge is 0.385 e. The van der Waals surface area contributed by atoms with Gasteiger partial charge >= 0.3 is 0 Å². The molecule has 0 aromatic carbocycles. The molecule has 0 amide bonds. The molecule has 0 aliphatic heterocycles. The summed E-state index contributed by atoms with van der Waals surface area (Å²) in [6.45, 7) is 5.87. The molecule has 86 valence electrons. The highest BCUT2D eigenvalue weighted by molar-refractivity contribution is 4.99. The number of aromatic nitrogens is 2. The van der Waals surface area contributed by atoms with Gasteiger partial charge in [0, 0.05) is 33.0 Å². The molecule has 0 radical (unpaired) electrons. The van der Waals surface area contributed by atoms with E-state index in [9.17, 15) is 0 Å². The van der Waals surface area contributed by atoms with Crippen molar-refractivity contribution in [1.29, 1.82) is 0 Å². The molecule has 1 N–H and O–H groups in total. The molecule has 1 aromatic heterocycles. The first-order valence-electron chi connectivity index (χ1n) is 5.58. The molecule has 4 nitrogen and oxygen atoms in total. The molecule has 0 saturated heterocycles. The lowest BCUT2D eigenvalue weighted by Crippen LogP contribution is -2.18. The first kappa shape index (κ1) is 12.2. The lowest BCUT2D eigenvalue weighted by atomic mass is 10.3. The van der Waals surface area contributed by atoms with Crippen LogP contribution in [-0.2, 0) is 17.8 Å². The van der Waals surface area contributed by atoms with Crippen molar-refractivity contribution in [1.82, 2.24) is 15.1 Å². The van der Waals surface area contributed by atoms with E-state index in [1.54, 1.807) is 7.11 Å². The molecule has 0 bridgehead atoms. The SMILES string of the molecule is CCCn1nccc1CNCCCOC. The smallest absolute Gasteiger partial charge is 0.0522 e. The number of nitrogens with zero attached hydrogens (tertiary/aromatic N) is 2. The Hall–Kier alpha value is -0.870. The zero-order chi connectivity index (χ0) is 10.9. The van der Waals surface area contributed by atoms with Crippen molar-refractivity contribution in [2.75, 3.05) is 20.3 Å². The maximum absolute atomic E-state index is 4.98. The first-order valence-corrected chi connectivity index (χ1v) is 5.58. The number of rotatable bonds is 8. The van der Waals surface area contributed by atoms with E-state index in [0.29, 0.717) is 0 Å². The summed E-state index contributed by atoms with van der Waals surface area (Å²) in [5.41, 5.74) is 1.26. The molecule has 0 spiro atoms. The Morgan fingerprint density at radius 1 is 1.53 bits per heavy atom. The second-order valence-corrected chi connectivity index (χ2v) is 3.57. The number of ether oxygens (including phenoxy) is 1. The molecule has 0 aliphatic carbocycles. The highest BCUT2D eigenvalue weighted by Crippen LogP contribution is 1.99. The highest BCUT2D eigenvalue weighted by atomic mass is 16.5. The fourth-order valence-electron chi connectivity index (χ4n) is 1.48. The van der Waals surface area contributed by atoms with Crippen molar-refractivity contribution in [2.24, 2.45) is 0 Å². The highest BCUT2D eigenvalue weighted by Gasteiger charge is 1.99. The van der Waals surface area contributed by atoms with E-state index < -0.39 is 0 Å². The van der Waals surface area contributed by atoms with Gasteiger partial charge in [0.05, 0.1) is 5.69 Å². The number of aryl methyl sites for hydroxylation is 1. The minimum Gasteiger partial charge on any atom is -0.385 e. The Labute approximate surface area is 91.6 Å². The number of hydrogen-bond donors (Lipinski definition) is 1. The average Bonchev–Trinajstić information content (AvgIpc) is 2.66. The van der Waals surface area contributed by atoms with Gasteiger partial charge in [-0.25, -0.2) is 0 Å². The van der Waals surface area contributed by atoms with Gasteiger partial charge in [-0.3, -0.25) is 4.68 Å². The molecular weight excluding hydrogens is 190 g/mol. The third-order valence-electron chi connectivity index (χ3n) is 2.25. The van der Waals surface area contributed by atoms with Crippen LogP contribution in [0.25, 0.3) is 0 Å². The van der Waals surface area contributed by atoms with Crippen molar-refractivity contribution in [3.8, 4) is 0 Å². The molecular formula is C11H21N3O. The van der Waals surface area contributed by atoms with Crippen LogP contribution in [0.3, 0.4) is 0 Å². The Balaban J connectivity index is 2.21. The van der Waals surface area contributed by atoms with Gasteiger partial charge in [-0.15, -0.1) is 0 Å². The van der Waals surface area contributed by atoms with Gasteiger partial charge in [0.2, 0.25) is 0 Å². The van der Waals surface area contributed by atoms with Gasteiger partial charge in [0.25, 0.3) is 0 Å². The van der Waals surface area contributed by atoms with E-state index >= 15 is 0 Å². The van der Waals surface area contributed by atoms with Gasteiger partial charge in [-0.05, 0) is 25.5 Å². The molecule has 1 rings (SSSR count). The molecule has 0 fully saturated rings. The van der Waals surface area contributed by atoms with Gasteiger partial charge in [0.15, 0.2) is 0 Å². The lowest BCUT2D eigenvalue weighted by molar-refractivity contribution is 0.194. The first-order chi connectivity index (χ1) is 7.38. The second kappa shape index (κ2) is 7.43. The van der Waals surface area contributed by atoms with E-state index in [1.165, 1.54) is 5.69 Å². The standard InChI is InChI=1S/C11H21N3O/c1-3-8-14-11(5-7-13-14)10-12-6-4-9-15-2/h5,7,12H,3-4,6,8-10H2,1-2H3. The van der Waals surface area contributed by atoms with Crippen LogP contribution in [-0.4, -0.2) is 30.0 Å². The summed E-state index contributed by atoms with van der Waals surface area (Å²) in [6.07, 6.45) is 4.04.